The molecule has 1 aromatic carbocycles. The van der Waals surface area contributed by atoms with Gasteiger partial charge in [0.15, 0.2) is 0 Å². The summed E-state index contributed by atoms with van der Waals surface area (Å²) < 4.78 is 0. The van der Waals surface area contributed by atoms with Crippen LogP contribution in [0.25, 0.3) is 0 Å². The van der Waals surface area contributed by atoms with Gasteiger partial charge in [-0.1, -0.05) is 27.2 Å². The van der Waals surface area contributed by atoms with Crippen LogP contribution in [0.3, 0.4) is 0 Å². The molecule has 0 aliphatic carbocycles. The van der Waals surface area contributed by atoms with Gasteiger partial charge in [0, 0.05) is 29.3 Å². The van der Waals surface area contributed by atoms with E-state index >= 15 is 0 Å². The Kier molecular flexibility index (Phi) is 6.22. The molecule has 1 saturated heterocycles. The van der Waals surface area contributed by atoms with Crippen molar-refractivity contribution in [1.82, 2.24) is 4.90 Å². The van der Waals surface area contributed by atoms with E-state index < -0.39 is 5.41 Å². The summed E-state index contributed by atoms with van der Waals surface area (Å²) in [6.07, 6.45) is 4.03. The Labute approximate surface area is 151 Å². The number of anilines is 2. The van der Waals surface area contributed by atoms with Gasteiger partial charge in [-0.05, 0) is 57.1 Å². The van der Waals surface area contributed by atoms with E-state index in [2.05, 4.69) is 22.6 Å². The van der Waals surface area contributed by atoms with Gasteiger partial charge in [-0.15, -0.1) is 0 Å². The molecular formula is C20H31N3O2. The molecule has 2 N–H and O–H groups in total. The quantitative estimate of drug-likeness (QED) is 0.873. The zero-order valence-electron chi connectivity index (χ0n) is 16.1. The van der Waals surface area contributed by atoms with E-state index in [1.807, 2.05) is 45.9 Å². The molecule has 0 radical (unpaired) electrons. The van der Waals surface area contributed by atoms with Crippen LogP contribution in [0.5, 0.6) is 0 Å². The van der Waals surface area contributed by atoms with Gasteiger partial charge in [0.1, 0.15) is 0 Å². The molecule has 5 heteroatoms. The summed E-state index contributed by atoms with van der Waals surface area (Å²) >= 11 is 0. The predicted octanol–water partition coefficient (Wildman–Crippen LogP) is 3.79. The molecule has 138 valence electrons. The third-order valence-electron chi connectivity index (χ3n) is 4.78. The fourth-order valence-electron chi connectivity index (χ4n) is 3.02. The maximum atomic E-state index is 12.3. The fraction of sp³-hybridized carbons (Fsp3) is 0.600. The van der Waals surface area contributed by atoms with Crippen LogP contribution in [0.4, 0.5) is 11.4 Å². The number of benzene rings is 1. The monoisotopic (exact) mass is 345 g/mol. The molecule has 0 bridgehead atoms. The SMILES string of the molecule is Cc1cc(NC(=O)CC2CCCCN2C)ccc1NC(=O)C(C)(C)C. The van der Waals surface area contributed by atoms with E-state index in [-0.39, 0.29) is 11.8 Å². The highest BCUT2D eigenvalue weighted by Crippen LogP contribution is 2.24. The highest BCUT2D eigenvalue weighted by atomic mass is 16.2. The Bertz CT molecular complexity index is 634. The van der Waals surface area contributed by atoms with E-state index in [4.69, 9.17) is 0 Å². The summed E-state index contributed by atoms with van der Waals surface area (Å²) in [5.74, 6) is 0.0253. The lowest BCUT2D eigenvalue weighted by Gasteiger charge is -2.31. The normalized spacial score (nSPS) is 18.7. The van der Waals surface area contributed by atoms with Crippen LogP contribution in [0.15, 0.2) is 18.2 Å². The minimum absolute atomic E-state index is 0.0206. The maximum Gasteiger partial charge on any atom is 0.229 e. The highest BCUT2D eigenvalue weighted by Gasteiger charge is 2.23. The average molecular weight is 345 g/mol. The van der Waals surface area contributed by atoms with Gasteiger partial charge in [-0.2, -0.15) is 0 Å². The van der Waals surface area contributed by atoms with Gasteiger partial charge in [0.25, 0.3) is 0 Å². The minimum atomic E-state index is -0.439. The summed E-state index contributed by atoms with van der Waals surface area (Å²) in [4.78, 5) is 26.7. The van der Waals surface area contributed by atoms with Crippen molar-refractivity contribution < 1.29 is 9.59 Å². The van der Waals surface area contributed by atoms with Crippen molar-refractivity contribution in [3.63, 3.8) is 0 Å². The second kappa shape index (κ2) is 8.00. The Balaban J connectivity index is 1.95. The molecule has 2 rings (SSSR count). The number of nitrogens with zero attached hydrogens (tertiary/aromatic N) is 1. The molecule has 1 unspecified atom stereocenters. The van der Waals surface area contributed by atoms with E-state index in [1.165, 1.54) is 12.8 Å². The number of hydrogen-bond donors (Lipinski definition) is 2. The van der Waals surface area contributed by atoms with Crippen LogP contribution in [0.2, 0.25) is 0 Å². The Hall–Kier alpha value is -1.88. The first-order valence-electron chi connectivity index (χ1n) is 9.09. The Morgan fingerprint density at radius 1 is 1.20 bits per heavy atom. The topological polar surface area (TPSA) is 61.4 Å². The smallest absolute Gasteiger partial charge is 0.229 e. The van der Waals surface area contributed by atoms with Crippen molar-refractivity contribution in [2.24, 2.45) is 5.41 Å². The van der Waals surface area contributed by atoms with Crippen LogP contribution >= 0.6 is 0 Å². The third kappa shape index (κ3) is 5.56. The number of aryl methyl sites for hydroxylation is 1. The molecule has 0 spiro atoms. The zero-order chi connectivity index (χ0) is 18.6. The molecule has 1 aromatic rings. The third-order valence-corrected chi connectivity index (χ3v) is 4.78. The number of nitrogens with one attached hydrogen (secondary N) is 2. The summed E-state index contributed by atoms with van der Waals surface area (Å²) in [5.41, 5.74) is 2.05. The van der Waals surface area contributed by atoms with Gasteiger partial charge in [-0.25, -0.2) is 0 Å². The van der Waals surface area contributed by atoms with E-state index in [0.29, 0.717) is 12.5 Å². The molecule has 1 fully saturated rings. The molecule has 0 saturated carbocycles. The molecule has 1 aliphatic heterocycles. The molecule has 25 heavy (non-hydrogen) atoms. The zero-order valence-corrected chi connectivity index (χ0v) is 16.1. The van der Waals surface area contributed by atoms with Gasteiger partial charge in [0.2, 0.25) is 11.8 Å². The Morgan fingerprint density at radius 3 is 2.52 bits per heavy atom. The molecular weight excluding hydrogens is 314 g/mol. The summed E-state index contributed by atoms with van der Waals surface area (Å²) in [5, 5.41) is 5.93. The van der Waals surface area contributed by atoms with Crippen molar-refractivity contribution in [3.05, 3.63) is 23.8 Å². The highest BCUT2D eigenvalue weighted by molar-refractivity contribution is 5.96. The number of carbonyl (C=O) groups is 2. The number of carbonyl (C=O) groups excluding carboxylic acids is 2. The number of likely N-dealkylation sites (tertiary alicyclic amines) is 1. The molecule has 1 aliphatic rings. The first-order chi connectivity index (χ1) is 11.7. The van der Waals surface area contributed by atoms with Gasteiger partial charge < -0.3 is 15.5 Å². The largest absolute Gasteiger partial charge is 0.326 e. The number of hydrogen-bond acceptors (Lipinski definition) is 3. The summed E-state index contributed by atoms with van der Waals surface area (Å²) in [6.45, 7) is 8.65. The van der Waals surface area contributed by atoms with Gasteiger partial charge >= 0.3 is 0 Å². The lowest BCUT2D eigenvalue weighted by atomic mass is 9.95. The van der Waals surface area contributed by atoms with Crippen molar-refractivity contribution in [1.29, 1.82) is 0 Å². The summed E-state index contributed by atoms with van der Waals surface area (Å²) in [7, 11) is 2.09. The van der Waals surface area contributed by atoms with Crippen molar-refractivity contribution >= 4 is 23.2 Å². The first-order valence-corrected chi connectivity index (χ1v) is 9.09. The average Bonchev–Trinajstić information content (AvgIpc) is 2.51. The molecule has 2 amide bonds. The second-order valence-electron chi connectivity index (χ2n) is 8.12. The van der Waals surface area contributed by atoms with Crippen LogP contribution < -0.4 is 10.6 Å². The Morgan fingerprint density at radius 2 is 1.92 bits per heavy atom. The maximum absolute atomic E-state index is 12.3. The first kappa shape index (κ1) is 19.4. The van der Waals surface area contributed by atoms with E-state index in [9.17, 15) is 9.59 Å². The van der Waals surface area contributed by atoms with Gasteiger partial charge in [-0.3, -0.25) is 9.59 Å². The van der Waals surface area contributed by atoms with Crippen molar-refractivity contribution in [2.75, 3.05) is 24.2 Å². The lowest BCUT2D eigenvalue weighted by molar-refractivity contribution is -0.123. The fourth-order valence-corrected chi connectivity index (χ4v) is 3.02. The number of piperidine rings is 1. The second-order valence-corrected chi connectivity index (χ2v) is 8.12. The van der Waals surface area contributed by atoms with E-state index in [0.717, 1.165) is 29.9 Å². The van der Waals surface area contributed by atoms with Crippen molar-refractivity contribution in [2.45, 2.75) is 59.4 Å². The van der Waals surface area contributed by atoms with E-state index in [1.54, 1.807) is 0 Å². The number of amides is 2. The number of rotatable bonds is 4. The van der Waals surface area contributed by atoms with Crippen LogP contribution in [0.1, 0.15) is 52.0 Å². The molecule has 0 aromatic heterocycles. The summed E-state index contributed by atoms with van der Waals surface area (Å²) in [6, 6.07) is 5.93. The predicted molar refractivity (Wildman–Crippen MR) is 103 cm³/mol. The molecule has 1 atom stereocenters. The lowest BCUT2D eigenvalue weighted by Crippen LogP contribution is -2.38. The van der Waals surface area contributed by atoms with Gasteiger partial charge in [0.05, 0.1) is 0 Å². The van der Waals surface area contributed by atoms with Crippen LogP contribution in [0, 0.1) is 12.3 Å². The standard InChI is InChI=1S/C20H31N3O2/c1-14-12-15(9-10-17(14)22-19(25)20(2,3)4)21-18(24)13-16-8-6-7-11-23(16)5/h9-10,12,16H,6-8,11,13H2,1-5H3,(H,21,24)(H,22,25). The van der Waals surface area contributed by atoms with Crippen LogP contribution in [-0.4, -0.2) is 36.3 Å². The van der Waals surface area contributed by atoms with Crippen molar-refractivity contribution in [3.8, 4) is 0 Å². The molecule has 5 nitrogen and oxygen atoms in total. The minimum Gasteiger partial charge on any atom is -0.326 e. The van der Waals surface area contributed by atoms with Crippen LogP contribution in [-0.2, 0) is 9.59 Å². The molecule has 1 heterocycles.